The molecule has 1 fully saturated rings. The highest BCUT2D eigenvalue weighted by Gasteiger charge is 2.51. The van der Waals surface area contributed by atoms with Crippen molar-refractivity contribution in [3.05, 3.63) is 0 Å². The average Bonchev–Trinajstić information content (AvgIpc) is 2.71. The number of rotatable bonds is 14. The van der Waals surface area contributed by atoms with Crippen molar-refractivity contribution < 1.29 is 19.6 Å². The van der Waals surface area contributed by atoms with Gasteiger partial charge < -0.3 is 0 Å². The predicted molar refractivity (Wildman–Crippen MR) is 120 cm³/mol. The van der Waals surface area contributed by atoms with E-state index in [4.69, 9.17) is 19.6 Å². The molecule has 1 saturated carbocycles. The Morgan fingerprint density at radius 1 is 0.793 bits per heavy atom. The van der Waals surface area contributed by atoms with Crippen molar-refractivity contribution in [2.75, 3.05) is 0 Å². The standard InChI is InChI=1S/C25H50O4/c1-10-14-16-23(8,12-3)26-28-25(19-20(5)18-21(6)22(25)7)29-27-24(9,13-4)17-15-11-2/h20-22H,10-19H2,1-9H3. The Hall–Kier alpha value is -0.160. The fourth-order valence-electron chi connectivity index (χ4n) is 4.26. The maximum Gasteiger partial charge on any atom is 0.237 e. The molecule has 0 aromatic carbocycles. The normalized spacial score (nSPS) is 32.0. The topological polar surface area (TPSA) is 36.9 Å². The Labute approximate surface area is 181 Å². The maximum absolute atomic E-state index is 6.27. The van der Waals surface area contributed by atoms with Crippen LogP contribution in [0.1, 0.15) is 127 Å². The minimum atomic E-state index is -0.859. The zero-order valence-electron chi connectivity index (χ0n) is 20.9. The van der Waals surface area contributed by atoms with Gasteiger partial charge in [0.25, 0.3) is 0 Å². The Morgan fingerprint density at radius 3 is 1.62 bits per heavy atom. The molecule has 0 N–H and O–H groups in total. The summed E-state index contributed by atoms with van der Waals surface area (Å²) in [7, 11) is 0. The van der Waals surface area contributed by atoms with Crippen LogP contribution >= 0.6 is 0 Å². The van der Waals surface area contributed by atoms with Gasteiger partial charge in [0.1, 0.15) is 11.2 Å². The van der Waals surface area contributed by atoms with Crippen LogP contribution in [0.25, 0.3) is 0 Å². The summed E-state index contributed by atoms with van der Waals surface area (Å²) in [5, 5.41) is 0. The molecular formula is C25H50O4. The van der Waals surface area contributed by atoms with E-state index in [2.05, 4.69) is 62.3 Å². The first-order chi connectivity index (χ1) is 13.6. The van der Waals surface area contributed by atoms with Crippen molar-refractivity contribution >= 4 is 0 Å². The van der Waals surface area contributed by atoms with Crippen LogP contribution in [0.5, 0.6) is 0 Å². The first kappa shape index (κ1) is 26.9. The van der Waals surface area contributed by atoms with E-state index in [1.165, 1.54) is 6.42 Å². The number of hydrogen-bond acceptors (Lipinski definition) is 4. The molecule has 1 aliphatic rings. The summed E-state index contributed by atoms with van der Waals surface area (Å²) < 4.78 is 0. The average molecular weight is 415 g/mol. The summed E-state index contributed by atoms with van der Waals surface area (Å²) in [5.41, 5.74) is -0.599. The zero-order chi connectivity index (χ0) is 22.1. The van der Waals surface area contributed by atoms with Gasteiger partial charge in [-0.25, -0.2) is 9.78 Å². The molecule has 0 aliphatic heterocycles. The lowest BCUT2D eigenvalue weighted by Crippen LogP contribution is -2.52. The van der Waals surface area contributed by atoms with Crippen LogP contribution in [0.2, 0.25) is 0 Å². The van der Waals surface area contributed by atoms with Gasteiger partial charge in [-0.1, -0.05) is 74.1 Å². The van der Waals surface area contributed by atoms with Crippen LogP contribution in [0.4, 0.5) is 0 Å². The minimum Gasteiger partial charge on any atom is -0.227 e. The summed E-state index contributed by atoms with van der Waals surface area (Å²) in [6.07, 6.45) is 10.3. The molecule has 0 bridgehead atoms. The monoisotopic (exact) mass is 414 g/mol. The van der Waals surface area contributed by atoms with E-state index in [1.54, 1.807) is 0 Å². The first-order valence-electron chi connectivity index (χ1n) is 12.3. The number of hydrogen-bond donors (Lipinski definition) is 0. The smallest absolute Gasteiger partial charge is 0.227 e. The summed E-state index contributed by atoms with van der Waals surface area (Å²) in [4.78, 5) is 24.9. The van der Waals surface area contributed by atoms with Gasteiger partial charge in [0, 0.05) is 12.3 Å². The Balaban J connectivity index is 3.00. The largest absolute Gasteiger partial charge is 0.237 e. The second kappa shape index (κ2) is 12.0. The fraction of sp³-hybridized carbons (Fsp3) is 1.00. The molecule has 0 aromatic heterocycles. The van der Waals surface area contributed by atoms with Crippen molar-refractivity contribution in [3.8, 4) is 0 Å². The van der Waals surface area contributed by atoms with Crippen LogP contribution in [-0.2, 0) is 19.6 Å². The van der Waals surface area contributed by atoms with Gasteiger partial charge in [-0.2, -0.15) is 9.78 Å². The molecule has 29 heavy (non-hydrogen) atoms. The van der Waals surface area contributed by atoms with Crippen molar-refractivity contribution in [2.24, 2.45) is 17.8 Å². The molecule has 0 amide bonds. The third kappa shape index (κ3) is 7.79. The van der Waals surface area contributed by atoms with Crippen LogP contribution in [0.15, 0.2) is 0 Å². The molecule has 5 atom stereocenters. The highest BCUT2D eigenvalue weighted by Crippen LogP contribution is 2.46. The zero-order valence-corrected chi connectivity index (χ0v) is 20.9. The van der Waals surface area contributed by atoms with E-state index >= 15 is 0 Å². The van der Waals surface area contributed by atoms with Crippen molar-refractivity contribution in [1.82, 2.24) is 0 Å². The molecule has 5 unspecified atom stereocenters. The molecule has 0 radical (unpaired) electrons. The van der Waals surface area contributed by atoms with Gasteiger partial charge in [0.15, 0.2) is 0 Å². The molecule has 0 heterocycles. The predicted octanol–water partition coefficient (Wildman–Crippen LogP) is 8.00. The lowest BCUT2D eigenvalue weighted by atomic mass is 9.72. The molecule has 0 saturated heterocycles. The van der Waals surface area contributed by atoms with E-state index in [9.17, 15) is 0 Å². The quantitative estimate of drug-likeness (QED) is 0.164. The van der Waals surface area contributed by atoms with Crippen LogP contribution in [0, 0.1) is 17.8 Å². The Kier molecular flexibility index (Phi) is 11.1. The second-order valence-corrected chi connectivity index (χ2v) is 10.3. The molecule has 0 spiro atoms. The van der Waals surface area contributed by atoms with Gasteiger partial charge in [-0.3, -0.25) is 0 Å². The molecule has 1 rings (SSSR count). The summed E-state index contributed by atoms with van der Waals surface area (Å²) >= 11 is 0. The van der Waals surface area contributed by atoms with Crippen molar-refractivity contribution in [2.45, 2.75) is 144 Å². The van der Waals surface area contributed by atoms with Gasteiger partial charge in [-0.05, 0) is 57.8 Å². The first-order valence-corrected chi connectivity index (χ1v) is 12.3. The SMILES string of the molecule is CCCCC(C)(CC)OOC1(OOC(C)(CC)CCCC)CC(C)CC(C)C1C. The molecule has 4 heteroatoms. The lowest BCUT2D eigenvalue weighted by Gasteiger charge is -2.47. The number of unbranched alkanes of at least 4 members (excludes halogenated alkanes) is 2. The van der Waals surface area contributed by atoms with E-state index in [1.807, 2.05) is 0 Å². The van der Waals surface area contributed by atoms with Gasteiger partial charge in [0.2, 0.25) is 5.79 Å². The van der Waals surface area contributed by atoms with E-state index in [0.717, 1.165) is 57.8 Å². The van der Waals surface area contributed by atoms with E-state index in [0.29, 0.717) is 11.8 Å². The Bertz CT molecular complexity index is 428. The van der Waals surface area contributed by atoms with Crippen LogP contribution < -0.4 is 0 Å². The third-order valence-corrected chi connectivity index (χ3v) is 7.34. The highest BCUT2D eigenvalue weighted by atomic mass is 17.3. The third-order valence-electron chi connectivity index (χ3n) is 7.34. The molecule has 4 nitrogen and oxygen atoms in total. The summed E-state index contributed by atoms with van der Waals surface area (Å²) in [6.45, 7) is 19.8. The summed E-state index contributed by atoms with van der Waals surface area (Å²) in [6, 6.07) is 0. The molecule has 174 valence electrons. The maximum atomic E-state index is 6.27. The van der Waals surface area contributed by atoms with Crippen molar-refractivity contribution in [1.29, 1.82) is 0 Å². The Morgan fingerprint density at radius 2 is 1.24 bits per heavy atom. The van der Waals surface area contributed by atoms with E-state index < -0.39 is 5.79 Å². The van der Waals surface area contributed by atoms with Gasteiger partial charge >= 0.3 is 0 Å². The summed E-state index contributed by atoms with van der Waals surface area (Å²) in [5.74, 6) is 0.319. The molecule has 0 aromatic rings. The lowest BCUT2D eigenvalue weighted by molar-refractivity contribution is -0.563. The van der Waals surface area contributed by atoms with Crippen molar-refractivity contribution in [3.63, 3.8) is 0 Å². The van der Waals surface area contributed by atoms with E-state index in [-0.39, 0.29) is 17.1 Å². The molecule has 1 aliphatic carbocycles. The highest BCUT2D eigenvalue weighted by molar-refractivity contribution is 4.88. The minimum absolute atomic E-state index is 0.193. The van der Waals surface area contributed by atoms with Crippen LogP contribution in [0.3, 0.4) is 0 Å². The second-order valence-electron chi connectivity index (χ2n) is 10.3. The van der Waals surface area contributed by atoms with Gasteiger partial charge in [0.05, 0.1) is 0 Å². The van der Waals surface area contributed by atoms with Gasteiger partial charge in [-0.15, -0.1) is 0 Å². The van der Waals surface area contributed by atoms with Crippen LogP contribution in [-0.4, -0.2) is 17.0 Å². The fourth-order valence-corrected chi connectivity index (χ4v) is 4.26. The molecular weight excluding hydrogens is 364 g/mol.